The quantitative estimate of drug-likeness (QED) is 0.712. The van der Waals surface area contributed by atoms with Crippen LogP contribution in [0.15, 0.2) is 42.6 Å². The molecule has 4 rings (SSSR count). The number of anilines is 1. The van der Waals surface area contributed by atoms with Crippen LogP contribution in [0, 0.1) is 11.6 Å². The number of rotatable bonds is 3. The van der Waals surface area contributed by atoms with Crippen LogP contribution in [0.4, 0.5) is 14.6 Å². The standard InChI is InChI=1S/C19H12ClF2N3O3/c20-11-8-14-19(28-7-6-27-14)25-17(11)10-4-5-15(23-9-10)24-18(26)16-12(21)2-1-3-13(16)22/h1-5,8-9H,6-7H2,(H,23,24,26). The van der Waals surface area contributed by atoms with E-state index in [1.807, 2.05) is 0 Å². The van der Waals surface area contributed by atoms with E-state index in [2.05, 4.69) is 15.3 Å². The number of nitrogens with one attached hydrogen (secondary N) is 1. The van der Waals surface area contributed by atoms with Crippen molar-refractivity contribution >= 4 is 23.3 Å². The molecule has 3 heterocycles. The van der Waals surface area contributed by atoms with Gasteiger partial charge in [0, 0.05) is 17.8 Å². The number of amides is 1. The maximum Gasteiger partial charge on any atom is 0.262 e. The largest absolute Gasteiger partial charge is 0.484 e. The second kappa shape index (κ2) is 7.40. The molecule has 1 aliphatic heterocycles. The van der Waals surface area contributed by atoms with E-state index >= 15 is 0 Å². The van der Waals surface area contributed by atoms with Crippen LogP contribution in [0.1, 0.15) is 10.4 Å². The van der Waals surface area contributed by atoms with Gasteiger partial charge in [0.15, 0.2) is 5.75 Å². The summed E-state index contributed by atoms with van der Waals surface area (Å²) in [5.41, 5.74) is 0.318. The van der Waals surface area contributed by atoms with Crippen molar-refractivity contribution in [1.29, 1.82) is 0 Å². The monoisotopic (exact) mass is 403 g/mol. The summed E-state index contributed by atoms with van der Waals surface area (Å²) in [6.07, 6.45) is 1.43. The molecule has 6 nitrogen and oxygen atoms in total. The number of halogens is 3. The topological polar surface area (TPSA) is 73.3 Å². The van der Waals surface area contributed by atoms with Gasteiger partial charge in [0.2, 0.25) is 0 Å². The molecular weight excluding hydrogens is 392 g/mol. The molecule has 28 heavy (non-hydrogen) atoms. The molecule has 0 saturated heterocycles. The van der Waals surface area contributed by atoms with E-state index in [1.54, 1.807) is 12.1 Å². The first-order valence-electron chi connectivity index (χ1n) is 8.21. The Kier molecular flexibility index (Phi) is 4.79. The van der Waals surface area contributed by atoms with Crippen molar-refractivity contribution in [3.05, 3.63) is 64.8 Å². The van der Waals surface area contributed by atoms with Crippen molar-refractivity contribution in [1.82, 2.24) is 9.97 Å². The Morgan fingerprint density at radius 3 is 2.57 bits per heavy atom. The Morgan fingerprint density at radius 1 is 1.11 bits per heavy atom. The summed E-state index contributed by atoms with van der Waals surface area (Å²) in [6.45, 7) is 0.805. The van der Waals surface area contributed by atoms with Gasteiger partial charge in [-0.15, -0.1) is 0 Å². The van der Waals surface area contributed by atoms with E-state index in [4.69, 9.17) is 21.1 Å². The van der Waals surface area contributed by atoms with E-state index in [0.29, 0.717) is 41.1 Å². The zero-order valence-corrected chi connectivity index (χ0v) is 15.0. The van der Waals surface area contributed by atoms with Gasteiger partial charge in [-0.3, -0.25) is 4.79 Å². The third-order valence-electron chi connectivity index (χ3n) is 3.96. The molecule has 1 N–H and O–H groups in total. The average molecular weight is 404 g/mol. The molecule has 9 heteroatoms. The van der Waals surface area contributed by atoms with E-state index in [1.165, 1.54) is 18.3 Å². The van der Waals surface area contributed by atoms with Gasteiger partial charge in [-0.05, 0) is 24.3 Å². The SMILES string of the molecule is O=C(Nc1ccc(-c2nc3c(cc2Cl)OCCO3)cn1)c1c(F)cccc1F. The third-order valence-corrected chi connectivity index (χ3v) is 4.24. The second-order valence-corrected chi connectivity index (χ2v) is 6.21. The number of nitrogens with zero attached hydrogens (tertiary/aromatic N) is 2. The summed E-state index contributed by atoms with van der Waals surface area (Å²) in [5, 5.41) is 2.70. The van der Waals surface area contributed by atoms with Crippen LogP contribution < -0.4 is 14.8 Å². The van der Waals surface area contributed by atoms with Gasteiger partial charge in [0.1, 0.15) is 36.2 Å². The first-order valence-corrected chi connectivity index (χ1v) is 8.58. The lowest BCUT2D eigenvalue weighted by Gasteiger charge is -2.18. The van der Waals surface area contributed by atoms with Crippen molar-refractivity contribution in [2.45, 2.75) is 0 Å². The molecular formula is C19H12ClF2N3O3. The number of carbonyl (C=O) groups excluding carboxylic acids is 1. The van der Waals surface area contributed by atoms with E-state index < -0.39 is 23.1 Å². The van der Waals surface area contributed by atoms with Crippen LogP contribution in [-0.4, -0.2) is 29.1 Å². The lowest BCUT2D eigenvalue weighted by Crippen LogP contribution is -2.17. The van der Waals surface area contributed by atoms with Crippen molar-refractivity contribution in [3.8, 4) is 22.9 Å². The molecule has 1 aliphatic rings. The lowest BCUT2D eigenvalue weighted by atomic mass is 10.1. The molecule has 1 aromatic carbocycles. The molecule has 0 spiro atoms. The number of ether oxygens (including phenoxy) is 2. The van der Waals surface area contributed by atoms with Crippen LogP contribution in [0.5, 0.6) is 11.6 Å². The zero-order chi connectivity index (χ0) is 19.7. The van der Waals surface area contributed by atoms with Crippen molar-refractivity contribution in [3.63, 3.8) is 0 Å². The second-order valence-electron chi connectivity index (χ2n) is 5.80. The fourth-order valence-electron chi connectivity index (χ4n) is 2.66. The van der Waals surface area contributed by atoms with E-state index in [0.717, 1.165) is 12.1 Å². The molecule has 0 atom stereocenters. The predicted molar refractivity (Wildman–Crippen MR) is 97.8 cm³/mol. The number of pyridine rings is 2. The van der Waals surface area contributed by atoms with Gasteiger partial charge >= 0.3 is 0 Å². The Labute approximate surface area is 163 Å². The van der Waals surface area contributed by atoms with E-state index in [-0.39, 0.29) is 5.82 Å². The minimum Gasteiger partial charge on any atom is -0.484 e. The summed E-state index contributed by atoms with van der Waals surface area (Å²) in [7, 11) is 0. The van der Waals surface area contributed by atoms with Crippen LogP contribution in [0.25, 0.3) is 11.3 Å². The normalized spacial score (nSPS) is 12.5. The van der Waals surface area contributed by atoms with Crippen LogP contribution in [0.3, 0.4) is 0 Å². The number of hydrogen-bond donors (Lipinski definition) is 1. The smallest absolute Gasteiger partial charge is 0.262 e. The van der Waals surface area contributed by atoms with Crippen LogP contribution in [-0.2, 0) is 0 Å². The molecule has 142 valence electrons. The first kappa shape index (κ1) is 18.1. The van der Waals surface area contributed by atoms with Crippen LogP contribution >= 0.6 is 11.6 Å². The number of fused-ring (bicyclic) bond motifs is 1. The number of carbonyl (C=O) groups is 1. The molecule has 0 bridgehead atoms. The fraction of sp³-hybridized carbons (Fsp3) is 0.105. The highest BCUT2D eigenvalue weighted by molar-refractivity contribution is 6.33. The van der Waals surface area contributed by atoms with Crippen molar-refractivity contribution < 1.29 is 23.0 Å². The third kappa shape index (κ3) is 3.46. The van der Waals surface area contributed by atoms with Gasteiger partial charge in [-0.25, -0.2) is 18.7 Å². The van der Waals surface area contributed by atoms with Gasteiger partial charge in [-0.1, -0.05) is 17.7 Å². The molecule has 0 unspecified atom stereocenters. The van der Waals surface area contributed by atoms with Gasteiger partial charge < -0.3 is 14.8 Å². The molecule has 0 saturated carbocycles. The first-order chi connectivity index (χ1) is 13.5. The minimum atomic E-state index is -0.957. The zero-order valence-electron chi connectivity index (χ0n) is 14.2. The highest BCUT2D eigenvalue weighted by Crippen LogP contribution is 2.36. The Bertz CT molecular complexity index is 1040. The Hall–Kier alpha value is -3.26. The molecule has 2 aromatic heterocycles. The Morgan fingerprint density at radius 2 is 1.86 bits per heavy atom. The van der Waals surface area contributed by atoms with Crippen molar-refractivity contribution in [2.24, 2.45) is 0 Å². The van der Waals surface area contributed by atoms with Gasteiger partial charge in [0.05, 0.1) is 10.7 Å². The maximum absolute atomic E-state index is 13.7. The summed E-state index contributed by atoms with van der Waals surface area (Å²) in [6, 6.07) is 7.88. The van der Waals surface area contributed by atoms with Crippen molar-refractivity contribution in [2.75, 3.05) is 18.5 Å². The van der Waals surface area contributed by atoms with Crippen LogP contribution in [0.2, 0.25) is 5.02 Å². The molecule has 1 amide bonds. The molecule has 0 aliphatic carbocycles. The summed E-state index contributed by atoms with van der Waals surface area (Å²) >= 11 is 6.26. The molecule has 3 aromatic rings. The average Bonchev–Trinajstić information content (AvgIpc) is 2.68. The number of benzene rings is 1. The van der Waals surface area contributed by atoms with E-state index in [9.17, 15) is 13.6 Å². The summed E-state index contributed by atoms with van der Waals surface area (Å²) in [4.78, 5) is 20.6. The highest BCUT2D eigenvalue weighted by atomic mass is 35.5. The summed E-state index contributed by atoms with van der Waals surface area (Å²) in [5.74, 6) is -1.94. The Balaban J connectivity index is 1.57. The maximum atomic E-state index is 13.7. The number of hydrogen-bond acceptors (Lipinski definition) is 5. The predicted octanol–water partition coefficient (Wildman–Crippen LogP) is 4.10. The fourth-order valence-corrected chi connectivity index (χ4v) is 2.91. The minimum absolute atomic E-state index is 0.116. The highest BCUT2D eigenvalue weighted by Gasteiger charge is 2.19. The van der Waals surface area contributed by atoms with Gasteiger partial charge in [-0.2, -0.15) is 0 Å². The summed E-state index contributed by atoms with van der Waals surface area (Å²) < 4.78 is 38.3. The molecule has 0 fully saturated rings. The number of aromatic nitrogens is 2. The van der Waals surface area contributed by atoms with Gasteiger partial charge in [0.25, 0.3) is 11.8 Å². The lowest BCUT2D eigenvalue weighted by molar-refractivity contribution is 0.101. The molecule has 0 radical (unpaired) electrons.